The van der Waals surface area contributed by atoms with E-state index in [-0.39, 0.29) is 88.6 Å². The smallest absolute Gasteiger partial charge is 1.00 e. The molecular formula is C42H62Cl2S2Ti2. The molecule has 0 nitrogen and oxygen atoms in total. The molecule has 4 rings (SSSR count). The Morgan fingerprint density at radius 3 is 1.27 bits per heavy atom. The van der Waals surface area contributed by atoms with Gasteiger partial charge in [-0.15, -0.1) is 12.8 Å². The minimum absolute atomic E-state index is 0. The fourth-order valence-electron chi connectivity index (χ4n) is 6.80. The van der Waals surface area contributed by atoms with Gasteiger partial charge in [0.2, 0.25) is 0 Å². The van der Waals surface area contributed by atoms with E-state index < -0.39 is 0 Å². The van der Waals surface area contributed by atoms with E-state index >= 15 is 0 Å². The summed E-state index contributed by atoms with van der Waals surface area (Å²) in [7, 11) is 0. The maximum Gasteiger partial charge on any atom is 2.00 e. The zero-order valence-electron chi connectivity index (χ0n) is 31.7. The molecule has 6 heteroatoms. The molecule has 264 valence electrons. The van der Waals surface area contributed by atoms with Crippen molar-refractivity contribution >= 4 is 23.5 Å². The predicted molar refractivity (Wildman–Crippen MR) is 202 cm³/mol. The van der Waals surface area contributed by atoms with Gasteiger partial charge in [-0.2, -0.15) is 35.7 Å². The Bertz CT molecular complexity index is 1140. The van der Waals surface area contributed by atoms with Crippen LogP contribution in [0.4, 0.5) is 0 Å². The zero-order valence-corrected chi connectivity index (χ0v) is 37.9. The van der Waals surface area contributed by atoms with Crippen molar-refractivity contribution in [3.8, 4) is 0 Å². The molecule has 0 bridgehead atoms. The summed E-state index contributed by atoms with van der Waals surface area (Å²) in [4.78, 5) is 0. The second-order valence-electron chi connectivity index (χ2n) is 15.3. The zero-order chi connectivity index (χ0) is 32.4. The fraction of sp³-hybridized carbons (Fsp3) is 0.619. The van der Waals surface area contributed by atoms with E-state index in [1.54, 1.807) is 11.1 Å². The maximum atomic E-state index is 3.55. The fourth-order valence-corrected chi connectivity index (χ4v) is 10.4. The molecule has 0 aromatic rings. The largest absolute Gasteiger partial charge is 2.00 e. The summed E-state index contributed by atoms with van der Waals surface area (Å²) in [6.45, 7) is 23.3. The van der Waals surface area contributed by atoms with E-state index in [0.29, 0.717) is 0 Å². The molecule has 0 saturated heterocycles. The first-order chi connectivity index (χ1) is 20.7. The Labute approximate surface area is 348 Å². The van der Waals surface area contributed by atoms with Gasteiger partial charge in [0.25, 0.3) is 0 Å². The molecule has 0 N–H and O–H groups in total. The Morgan fingerprint density at radius 2 is 1.00 bits per heavy atom. The second-order valence-corrected chi connectivity index (χ2v) is 18.2. The van der Waals surface area contributed by atoms with Crippen LogP contribution in [-0.4, -0.2) is 21.0 Å². The number of hydrogen-bond acceptors (Lipinski definition) is 2. The van der Waals surface area contributed by atoms with Crippen molar-refractivity contribution in [3.05, 3.63) is 94.2 Å². The van der Waals surface area contributed by atoms with Crippen LogP contribution in [0.15, 0.2) is 82.0 Å². The molecule has 4 aliphatic carbocycles. The van der Waals surface area contributed by atoms with E-state index in [1.807, 2.05) is 0 Å². The Balaban J connectivity index is 0. The van der Waals surface area contributed by atoms with Gasteiger partial charge in [-0.25, -0.2) is 23.3 Å². The van der Waals surface area contributed by atoms with Gasteiger partial charge >= 0.3 is 43.4 Å². The first-order valence-electron chi connectivity index (χ1n) is 17.3. The van der Waals surface area contributed by atoms with Crippen molar-refractivity contribution < 1.29 is 68.2 Å². The van der Waals surface area contributed by atoms with Crippen LogP contribution in [0.1, 0.15) is 133 Å². The Hall–Kier alpha value is 0.629. The summed E-state index contributed by atoms with van der Waals surface area (Å²) in [6.07, 6.45) is 37.7. The summed E-state index contributed by atoms with van der Waals surface area (Å²) in [6, 6.07) is 0. The molecule has 0 fully saturated rings. The second kappa shape index (κ2) is 23.3. The van der Waals surface area contributed by atoms with E-state index in [1.165, 1.54) is 59.5 Å². The number of hydrogen-bond donors (Lipinski definition) is 0. The van der Waals surface area contributed by atoms with Crippen molar-refractivity contribution in [1.82, 2.24) is 0 Å². The molecule has 0 aromatic heterocycles. The molecule has 0 amide bonds. The van der Waals surface area contributed by atoms with E-state index in [2.05, 4.69) is 154 Å². The molecule has 2 atom stereocenters. The van der Waals surface area contributed by atoms with Crippen LogP contribution >= 0.6 is 23.5 Å². The summed E-state index contributed by atoms with van der Waals surface area (Å²) < 4.78 is 0.452. The molecule has 0 aromatic carbocycles. The van der Waals surface area contributed by atoms with E-state index in [4.69, 9.17) is 0 Å². The topological polar surface area (TPSA) is 0 Å². The molecule has 0 aliphatic heterocycles. The quantitative estimate of drug-likeness (QED) is 0.115. The third-order valence-corrected chi connectivity index (χ3v) is 12.2. The number of thioether (sulfide) groups is 2. The van der Waals surface area contributed by atoms with Gasteiger partial charge in [0.1, 0.15) is 0 Å². The van der Waals surface area contributed by atoms with Crippen molar-refractivity contribution in [3.63, 3.8) is 0 Å². The van der Waals surface area contributed by atoms with Crippen molar-refractivity contribution in [2.45, 2.75) is 143 Å². The third kappa shape index (κ3) is 14.9. The van der Waals surface area contributed by atoms with E-state index in [0.717, 1.165) is 38.5 Å². The molecule has 4 aliphatic rings. The van der Waals surface area contributed by atoms with Crippen LogP contribution in [-0.2, 0) is 43.4 Å². The average molecular weight is 798 g/mol. The van der Waals surface area contributed by atoms with Crippen LogP contribution in [0.25, 0.3) is 0 Å². The third-order valence-electron chi connectivity index (χ3n) is 9.09. The van der Waals surface area contributed by atoms with Crippen molar-refractivity contribution in [1.29, 1.82) is 0 Å². The van der Waals surface area contributed by atoms with Gasteiger partial charge in [0, 0.05) is 9.49 Å². The van der Waals surface area contributed by atoms with Gasteiger partial charge in [-0.3, -0.25) is 12.2 Å². The summed E-state index contributed by atoms with van der Waals surface area (Å²) in [5, 5.41) is 0. The molecule has 0 saturated carbocycles. The van der Waals surface area contributed by atoms with Gasteiger partial charge in [-0.1, -0.05) is 104 Å². The van der Waals surface area contributed by atoms with Crippen molar-refractivity contribution in [2.24, 2.45) is 10.8 Å². The van der Waals surface area contributed by atoms with Crippen LogP contribution in [0.2, 0.25) is 0 Å². The normalized spacial score (nSPS) is 23.0. The van der Waals surface area contributed by atoms with Gasteiger partial charge in [-0.05, 0) is 85.9 Å². The summed E-state index contributed by atoms with van der Waals surface area (Å²) >= 11 is 4.37. The Morgan fingerprint density at radius 1 is 0.646 bits per heavy atom. The summed E-state index contributed by atoms with van der Waals surface area (Å²) in [5.74, 6) is 2.52. The van der Waals surface area contributed by atoms with Crippen LogP contribution in [0, 0.1) is 23.0 Å². The minimum atomic E-state index is 0. The van der Waals surface area contributed by atoms with E-state index in [9.17, 15) is 0 Å². The van der Waals surface area contributed by atoms with Crippen LogP contribution in [0.3, 0.4) is 0 Å². The van der Waals surface area contributed by atoms with Gasteiger partial charge < -0.3 is 24.8 Å². The molecule has 0 radical (unpaired) electrons. The first-order valence-corrected chi connectivity index (χ1v) is 19.3. The predicted octanol–water partition coefficient (Wildman–Crippen LogP) is 7.32. The Kier molecular flexibility index (Phi) is 24.7. The number of unbranched alkanes of at least 4 members (excludes halogenated alkanes) is 2. The average Bonchev–Trinajstić information content (AvgIpc) is 3.66. The minimum Gasteiger partial charge on any atom is -1.00 e. The number of rotatable bonds is 12. The van der Waals surface area contributed by atoms with Gasteiger partial charge in [0.05, 0.1) is 0 Å². The van der Waals surface area contributed by atoms with Crippen LogP contribution in [0.5, 0.6) is 0 Å². The SMILES string of the molecule is CCCCSC1(CC2=[C-]CC=C2)CC=C(C)C=C1C(C)(C)C.CCCCSC1(CC2=[C-]CC=C2)CC=C(C)C=C1C(C)(C)C.[Cl-].[Cl-].[Ti+2].[Ti+2]. The number of allylic oxidation sites excluding steroid dienone is 14. The van der Waals surface area contributed by atoms with Crippen LogP contribution < -0.4 is 24.8 Å². The maximum absolute atomic E-state index is 3.55. The molecule has 0 spiro atoms. The van der Waals surface area contributed by atoms with Gasteiger partial charge in [0.15, 0.2) is 0 Å². The molecule has 48 heavy (non-hydrogen) atoms. The first kappa shape index (κ1) is 50.7. The molecule has 0 heterocycles. The number of halogens is 2. The van der Waals surface area contributed by atoms with Crippen molar-refractivity contribution in [2.75, 3.05) is 11.5 Å². The molecular weight excluding hydrogens is 735 g/mol. The monoisotopic (exact) mass is 796 g/mol. The standard InChI is InChI=1S/2C21H31S.2ClH.2Ti/c2*1-6-7-14-22-21(16-18-10-8-9-11-18)13-12-17(2)15-19(21)20(3,4)5;;;;/h2*8,10,12,15H,6-7,9,13-14,16H2,1-5H3;2*1H;;/q2*-1;;;2*+2/p-2. The molecule has 2 unspecified atom stereocenters. The summed E-state index contributed by atoms with van der Waals surface area (Å²) in [5.41, 5.74) is 9.36.